The van der Waals surface area contributed by atoms with Crippen LogP contribution in [0.1, 0.15) is 15.9 Å². The van der Waals surface area contributed by atoms with Crippen molar-refractivity contribution in [2.75, 3.05) is 7.11 Å². The summed E-state index contributed by atoms with van der Waals surface area (Å²) in [5.41, 5.74) is 4.45. The summed E-state index contributed by atoms with van der Waals surface area (Å²) >= 11 is 0. The number of nitrogens with zero attached hydrogens (tertiary/aromatic N) is 1. The van der Waals surface area contributed by atoms with Gasteiger partial charge in [-0.25, -0.2) is 0 Å². The van der Waals surface area contributed by atoms with Gasteiger partial charge in [-0.2, -0.15) is 0 Å². The van der Waals surface area contributed by atoms with Crippen LogP contribution in [0.2, 0.25) is 0 Å². The molecule has 1 amide bonds. The first-order valence-corrected chi connectivity index (χ1v) is 9.23. The van der Waals surface area contributed by atoms with Gasteiger partial charge >= 0.3 is 0 Å². The number of carbonyl (C=O) groups excluding carboxylic acids is 1. The lowest BCUT2D eigenvalue weighted by Gasteiger charge is -2.08. The van der Waals surface area contributed by atoms with Crippen LogP contribution >= 0.6 is 0 Å². The van der Waals surface area contributed by atoms with Gasteiger partial charge < -0.3 is 14.5 Å². The Kier molecular flexibility index (Phi) is 5.38. The summed E-state index contributed by atoms with van der Waals surface area (Å²) in [5, 5.41) is 2.94. The number of pyridine rings is 1. The van der Waals surface area contributed by atoms with E-state index in [0.29, 0.717) is 12.1 Å². The third-order valence-corrected chi connectivity index (χ3v) is 4.60. The van der Waals surface area contributed by atoms with Crippen molar-refractivity contribution in [1.82, 2.24) is 10.3 Å². The Morgan fingerprint density at radius 2 is 1.83 bits per heavy atom. The third-order valence-electron chi connectivity index (χ3n) is 4.60. The number of aromatic nitrogens is 1. The van der Waals surface area contributed by atoms with E-state index < -0.39 is 0 Å². The molecule has 0 radical (unpaired) electrons. The van der Waals surface area contributed by atoms with Crippen molar-refractivity contribution in [2.24, 2.45) is 0 Å². The highest BCUT2D eigenvalue weighted by Gasteiger charge is 2.08. The van der Waals surface area contributed by atoms with Gasteiger partial charge in [0.25, 0.3) is 5.91 Å². The zero-order valence-corrected chi connectivity index (χ0v) is 16.0. The van der Waals surface area contributed by atoms with Gasteiger partial charge in [0.2, 0.25) is 0 Å². The number of hydrogen-bond acceptors (Lipinski definition) is 4. The number of carbonyl (C=O) groups is 1. The maximum atomic E-state index is 12.5. The van der Waals surface area contributed by atoms with Gasteiger partial charge in [-0.05, 0) is 59.2 Å². The van der Waals surface area contributed by atoms with E-state index in [1.54, 1.807) is 25.8 Å². The van der Waals surface area contributed by atoms with Crippen molar-refractivity contribution in [1.29, 1.82) is 0 Å². The van der Waals surface area contributed by atoms with Gasteiger partial charge in [0.05, 0.1) is 13.4 Å². The van der Waals surface area contributed by atoms with Crippen molar-refractivity contribution in [3.63, 3.8) is 0 Å². The molecule has 1 N–H and O–H groups in total. The number of nitrogens with one attached hydrogen (secondary N) is 1. The van der Waals surface area contributed by atoms with Crippen LogP contribution in [0.15, 0.2) is 89.8 Å². The monoisotopic (exact) mass is 384 g/mol. The highest BCUT2D eigenvalue weighted by atomic mass is 16.5. The first-order valence-electron chi connectivity index (χ1n) is 9.23. The second kappa shape index (κ2) is 8.44. The lowest BCUT2D eigenvalue weighted by molar-refractivity contribution is 0.0951. The molecule has 0 bridgehead atoms. The van der Waals surface area contributed by atoms with Crippen LogP contribution in [0.3, 0.4) is 0 Å². The van der Waals surface area contributed by atoms with Gasteiger partial charge in [0.1, 0.15) is 11.5 Å². The molecule has 0 saturated heterocycles. The van der Waals surface area contributed by atoms with E-state index >= 15 is 0 Å². The SMILES string of the molecule is COc1cccc(-c2ccc(C(=O)NCc3cncc(-c4ccco4)c3)cc2)c1. The Balaban J connectivity index is 1.42. The maximum Gasteiger partial charge on any atom is 0.251 e. The molecule has 0 aliphatic heterocycles. The quantitative estimate of drug-likeness (QED) is 0.511. The largest absolute Gasteiger partial charge is 0.497 e. The van der Waals surface area contributed by atoms with Crippen LogP contribution in [0.4, 0.5) is 0 Å². The molecule has 0 saturated carbocycles. The number of benzene rings is 2. The number of furan rings is 1. The minimum atomic E-state index is -0.134. The summed E-state index contributed by atoms with van der Waals surface area (Å²) in [5.74, 6) is 1.42. The Morgan fingerprint density at radius 3 is 2.59 bits per heavy atom. The molecule has 5 nitrogen and oxygen atoms in total. The van der Waals surface area contributed by atoms with E-state index in [0.717, 1.165) is 33.8 Å². The summed E-state index contributed by atoms with van der Waals surface area (Å²) < 4.78 is 10.7. The summed E-state index contributed by atoms with van der Waals surface area (Å²) in [6.45, 7) is 0.387. The molecule has 29 heavy (non-hydrogen) atoms. The van der Waals surface area contributed by atoms with E-state index in [9.17, 15) is 4.79 Å². The standard InChI is InChI=1S/C24H20N2O3/c1-28-22-5-2-4-20(13-22)18-7-9-19(10-8-18)24(27)26-15-17-12-21(16-25-14-17)23-6-3-11-29-23/h2-14,16H,15H2,1H3,(H,26,27). The molecule has 2 aromatic heterocycles. The lowest BCUT2D eigenvalue weighted by Crippen LogP contribution is -2.22. The lowest BCUT2D eigenvalue weighted by atomic mass is 10.0. The Labute approximate surface area is 169 Å². The molecule has 4 aromatic rings. The molecule has 0 unspecified atom stereocenters. The van der Waals surface area contributed by atoms with E-state index in [4.69, 9.17) is 9.15 Å². The molecule has 5 heteroatoms. The van der Waals surface area contributed by atoms with Crippen molar-refractivity contribution in [3.8, 4) is 28.2 Å². The van der Waals surface area contributed by atoms with Crippen LogP contribution in [0.25, 0.3) is 22.5 Å². The zero-order chi connectivity index (χ0) is 20.1. The van der Waals surface area contributed by atoms with Gasteiger partial charge in [-0.15, -0.1) is 0 Å². The summed E-state index contributed by atoms with van der Waals surface area (Å²) in [6, 6.07) is 21.0. The molecular weight excluding hydrogens is 364 g/mol. The van der Waals surface area contributed by atoms with Crippen molar-refractivity contribution >= 4 is 5.91 Å². The molecule has 0 atom stereocenters. The molecule has 2 heterocycles. The van der Waals surface area contributed by atoms with Gasteiger partial charge in [-0.3, -0.25) is 9.78 Å². The summed E-state index contributed by atoms with van der Waals surface area (Å²) in [6.07, 6.45) is 5.10. The smallest absolute Gasteiger partial charge is 0.251 e. The number of rotatable bonds is 6. The second-order valence-electron chi connectivity index (χ2n) is 6.55. The molecule has 2 aromatic carbocycles. The highest BCUT2D eigenvalue weighted by molar-refractivity contribution is 5.94. The summed E-state index contributed by atoms with van der Waals surface area (Å²) in [4.78, 5) is 16.7. The molecule has 0 fully saturated rings. The fourth-order valence-electron chi connectivity index (χ4n) is 3.06. The van der Waals surface area contributed by atoms with E-state index in [1.165, 1.54) is 0 Å². The second-order valence-corrected chi connectivity index (χ2v) is 6.55. The van der Waals surface area contributed by atoms with Crippen molar-refractivity contribution in [3.05, 3.63) is 96.5 Å². The Morgan fingerprint density at radius 1 is 0.966 bits per heavy atom. The maximum absolute atomic E-state index is 12.5. The third kappa shape index (κ3) is 4.35. The molecule has 4 rings (SSSR count). The van der Waals surface area contributed by atoms with Crippen LogP contribution in [0, 0.1) is 0 Å². The predicted octanol–water partition coefficient (Wildman–Crippen LogP) is 4.95. The van der Waals surface area contributed by atoms with Crippen LogP contribution in [-0.2, 0) is 6.54 Å². The van der Waals surface area contributed by atoms with E-state index in [-0.39, 0.29) is 5.91 Å². The highest BCUT2D eigenvalue weighted by Crippen LogP contribution is 2.24. The van der Waals surface area contributed by atoms with Crippen LogP contribution < -0.4 is 10.1 Å². The topological polar surface area (TPSA) is 64.4 Å². The Bertz CT molecular complexity index is 1100. The fraction of sp³-hybridized carbons (Fsp3) is 0.0833. The van der Waals surface area contributed by atoms with Gasteiger partial charge in [0, 0.05) is 30.1 Å². The molecule has 144 valence electrons. The molecule has 0 aliphatic carbocycles. The van der Waals surface area contributed by atoms with Crippen molar-refractivity contribution < 1.29 is 13.9 Å². The zero-order valence-electron chi connectivity index (χ0n) is 16.0. The van der Waals surface area contributed by atoms with Crippen molar-refractivity contribution in [2.45, 2.75) is 6.54 Å². The summed E-state index contributed by atoms with van der Waals surface area (Å²) in [7, 11) is 1.65. The molecule has 0 spiro atoms. The predicted molar refractivity (Wildman–Crippen MR) is 112 cm³/mol. The normalized spacial score (nSPS) is 10.5. The average Bonchev–Trinajstić information content (AvgIpc) is 3.33. The Hall–Kier alpha value is -3.86. The van der Waals surface area contributed by atoms with Crippen LogP contribution in [0.5, 0.6) is 5.75 Å². The number of methoxy groups -OCH3 is 1. The van der Waals surface area contributed by atoms with E-state index in [2.05, 4.69) is 10.3 Å². The number of ether oxygens (including phenoxy) is 1. The first-order chi connectivity index (χ1) is 14.2. The van der Waals surface area contributed by atoms with Crippen LogP contribution in [-0.4, -0.2) is 18.0 Å². The van der Waals surface area contributed by atoms with E-state index in [1.807, 2.05) is 66.7 Å². The van der Waals surface area contributed by atoms with Gasteiger partial charge in [-0.1, -0.05) is 24.3 Å². The first kappa shape index (κ1) is 18.5. The van der Waals surface area contributed by atoms with Gasteiger partial charge in [0.15, 0.2) is 0 Å². The average molecular weight is 384 g/mol. The molecular formula is C24H20N2O3. The minimum Gasteiger partial charge on any atom is -0.497 e. The fourth-order valence-corrected chi connectivity index (χ4v) is 3.06. The minimum absolute atomic E-state index is 0.134. The number of hydrogen-bond donors (Lipinski definition) is 1. The number of amides is 1. The molecule has 0 aliphatic rings.